The number of likely N-dealkylation sites (tertiary alicyclic amines) is 1. The number of nitriles is 1. The van der Waals surface area contributed by atoms with Gasteiger partial charge in [-0.15, -0.1) is 0 Å². The Morgan fingerprint density at radius 1 is 1.18 bits per heavy atom. The Balaban J connectivity index is 1.66. The Morgan fingerprint density at radius 2 is 1.86 bits per heavy atom. The maximum Gasteiger partial charge on any atom is 0.331 e. The summed E-state index contributed by atoms with van der Waals surface area (Å²) in [6.45, 7) is 2.98. The number of hydrogen-bond donors (Lipinski definition) is 0. The minimum Gasteiger partial charge on any atom is -0.341 e. The van der Waals surface area contributed by atoms with E-state index in [1.807, 2.05) is 18.2 Å². The van der Waals surface area contributed by atoms with E-state index in [1.165, 1.54) is 16.3 Å². The predicted octanol–water partition coefficient (Wildman–Crippen LogP) is 1.38. The lowest BCUT2D eigenvalue weighted by Gasteiger charge is -2.32. The van der Waals surface area contributed by atoms with Gasteiger partial charge in [0.2, 0.25) is 5.91 Å². The quantitative estimate of drug-likeness (QED) is 0.784. The van der Waals surface area contributed by atoms with Crippen LogP contribution in [-0.2, 0) is 24.3 Å². The number of nitrogens with zero attached hydrogens (tertiary/aromatic N) is 4. The van der Waals surface area contributed by atoms with Crippen LogP contribution in [-0.4, -0.2) is 33.0 Å². The van der Waals surface area contributed by atoms with Gasteiger partial charge in [-0.05, 0) is 37.7 Å². The van der Waals surface area contributed by atoms with Gasteiger partial charge in [0, 0.05) is 25.8 Å². The van der Waals surface area contributed by atoms with Crippen molar-refractivity contribution < 1.29 is 4.79 Å². The van der Waals surface area contributed by atoms with Gasteiger partial charge in [-0.25, -0.2) is 9.36 Å². The molecule has 28 heavy (non-hydrogen) atoms. The topological polar surface area (TPSA) is 88.1 Å². The van der Waals surface area contributed by atoms with Crippen molar-refractivity contribution in [1.82, 2.24) is 14.0 Å². The monoisotopic (exact) mass is 380 g/mol. The Labute approximate surface area is 163 Å². The molecule has 7 nitrogen and oxygen atoms in total. The molecule has 0 atom stereocenters. The molecule has 7 heteroatoms. The molecule has 1 saturated heterocycles. The smallest absolute Gasteiger partial charge is 0.331 e. The number of amides is 1. The fourth-order valence-electron chi connectivity index (χ4n) is 3.67. The maximum absolute atomic E-state index is 12.7. The molecule has 146 valence electrons. The molecule has 3 rings (SSSR count). The van der Waals surface area contributed by atoms with E-state index < -0.39 is 11.2 Å². The molecule has 0 N–H and O–H groups in total. The number of carbonyl (C=O) groups is 1. The van der Waals surface area contributed by atoms with Crippen LogP contribution in [0.25, 0.3) is 0 Å². The normalized spacial score (nSPS) is 14.6. The highest BCUT2D eigenvalue weighted by atomic mass is 16.2. The molecule has 0 bridgehead atoms. The summed E-state index contributed by atoms with van der Waals surface area (Å²) in [7, 11) is 0. The molecule has 1 aromatic heterocycles. The molecule has 0 aliphatic carbocycles. The van der Waals surface area contributed by atoms with E-state index in [9.17, 15) is 14.4 Å². The summed E-state index contributed by atoms with van der Waals surface area (Å²) < 4.78 is 2.15. The van der Waals surface area contributed by atoms with Crippen molar-refractivity contribution >= 4 is 5.91 Å². The SMILES string of the molecule is CCn1cc(C#N)c(=O)n(CC(=O)N2CCC(Cc3ccccc3)CC2)c1=O. The lowest BCUT2D eigenvalue weighted by Crippen LogP contribution is -2.47. The fraction of sp³-hybridized carbons (Fsp3) is 0.429. The van der Waals surface area contributed by atoms with Crippen LogP contribution in [0.2, 0.25) is 0 Å². The zero-order valence-electron chi connectivity index (χ0n) is 16.0. The van der Waals surface area contributed by atoms with Crippen molar-refractivity contribution in [3.63, 3.8) is 0 Å². The van der Waals surface area contributed by atoms with Gasteiger partial charge in [0.1, 0.15) is 18.2 Å². The Hall–Kier alpha value is -3.14. The molecule has 0 saturated carbocycles. The van der Waals surface area contributed by atoms with Crippen molar-refractivity contribution in [3.8, 4) is 6.07 Å². The van der Waals surface area contributed by atoms with E-state index in [2.05, 4.69) is 12.1 Å². The van der Waals surface area contributed by atoms with Crippen LogP contribution < -0.4 is 11.2 Å². The van der Waals surface area contributed by atoms with Gasteiger partial charge in [-0.1, -0.05) is 30.3 Å². The van der Waals surface area contributed by atoms with E-state index in [4.69, 9.17) is 5.26 Å². The number of aryl methyl sites for hydroxylation is 1. The number of aromatic nitrogens is 2. The van der Waals surface area contributed by atoms with Gasteiger partial charge in [0.05, 0.1) is 0 Å². The first-order valence-corrected chi connectivity index (χ1v) is 9.59. The second-order valence-electron chi connectivity index (χ2n) is 7.13. The number of rotatable bonds is 5. The molecule has 2 heterocycles. The summed E-state index contributed by atoms with van der Waals surface area (Å²) >= 11 is 0. The minimum absolute atomic E-state index is 0.129. The van der Waals surface area contributed by atoms with E-state index >= 15 is 0 Å². The van der Waals surface area contributed by atoms with Gasteiger partial charge in [0.25, 0.3) is 5.56 Å². The van der Waals surface area contributed by atoms with Gasteiger partial charge in [-0.2, -0.15) is 5.26 Å². The first-order valence-electron chi connectivity index (χ1n) is 9.59. The Morgan fingerprint density at radius 3 is 2.46 bits per heavy atom. The Kier molecular flexibility index (Phi) is 6.09. The van der Waals surface area contributed by atoms with Crippen molar-refractivity contribution in [1.29, 1.82) is 5.26 Å². The highest BCUT2D eigenvalue weighted by Crippen LogP contribution is 2.21. The maximum atomic E-state index is 12.7. The minimum atomic E-state index is -0.704. The van der Waals surface area contributed by atoms with Gasteiger partial charge < -0.3 is 4.90 Å². The molecule has 0 spiro atoms. The van der Waals surface area contributed by atoms with Crippen molar-refractivity contribution in [3.05, 3.63) is 68.5 Å². The molecule has 1 aliphatic heterocycles. The zero-order valence-corrected chi connectivity index (χ0v) is 16.0. The fourth-order valence-corrected chi connectivity index (χ4v) is 3.67. The van der Waals surface area contributed by atoms with Crippen molar-refractivity contribution in [2.45, 2.75) is 39.3 Å². The van der Waals surface area contributed by atoms with Crippen LogP contribution in [0.5, 0.6) is 0 Å². The Bertz CT molecular complexity index is 993. The molecule has 0 radical (unpaired) electrons. The molecule has 2 aromatic rings. The molecular weight excluding hydrogens is 356 g/mol. The first kappa shape index (κ1) is 19.6. The average molecular weight is 380 g/mol. The summed E-state index contributed by atoms with van der Waals surface area (Å²) in [5.41, 5.74) is -0.0913. The summed E-state index contributed by atoms with van der Waals surface area (Å²) in [5, 5.41) is 9.11. The standard InChI is InChI=1S/C21H24N4O3/c1-2-23-14-18(13-22)20(27)25(21(23)28)15-19(26)24-10-8-17(9-11-24)12-16-6-4-3-5-7-16/h3-7,14,17H,2,8-12,15H2,1H3. The van der Waals surface area contributed by atoms with Gasteiger partial charge in [0.15, 0.2) is 0 Å². The van der Waals surface area contributed by atoms with Crippen LogP contribution in [0.1, 0.15) is 30.9 Å². The third kappa shape index (κ3) is 4.22. The van der Waals surface area contributed by atoms with Crippen molar-refractivity contribution in [2.75, 3.05) is 13.1 Å². The molecule has 1 aliphatic rings. The number of carbonyl (C=O) groups excluding carboxylic acids is 1. The van der Waals surface area contributed by atoms with Crippen LogP contribution in [0.3, 0.4) is 0 Å². The van der Waals surface area contributed by atoms with Gasteiger partial charge in [-0.3, -0.25) is 14.2 Å². The average Bonchev–Trinajstić information content (AvgIpc) is 2.72. The van der Waals surface area contributed by atoms with Crippen molar-refractivity contribution in [2.24, 2.45) is 5.92 Å². The van der Waals surface area contributed by atoms with E-state index in [0.717, 1.165) is 23.8 Å². The molecular formula is C21H24N4O3. The number of piperidine rings is 1. The highest BCUT2D eigenvalue weighted by molar-refractivity contribution is 5.76. The summed E-state index contributed by atoms with van der Waals surface area (Å²) in [5.74, 6) is 0.267. The number of benzene rings is 1. The predicted molar refractivity (Wildman–Crippen MR) is 105 cm³/mol. The van der Waals surface area contributed by atoms with Crippen LogP contribution in [0, 0.1) is 17.2 Å². The summed E-state index contributed by atoms with van der Waals surface area (Å²) in [4.78, 5) is 39.1. The molecule has 1 amide bonds. The molecule has 0 unspecified atom stereocenters. The van der Waals surface area contributed by atoms with Gasteiger partial charge >= 0.3 is 5.69 Å². The molecule has 1 fully saturated rings. The first-order chi connectivity index (χ1) is 13.5. The van der Waals surface area contributed by atoms with E-state index in [-0.39, 0.29) is 18.0 Å². The lowest BCUT2D eigenvalue weighted by molar-refractivity contribution is -0.133. The number of hydrogen-bond acceptors (Lipinski definition) is 4. The third-order valence-corrected chi connectivity index (χ3v) is 5.33. The highest BCUT2D eigenvalue weighted by Gasteiger charge is 2.24. The molecule has 1 aromatic carbocycles. The third-order valence-electron chi connectivity index (χ3n) is 5.33. The van der Waals surface area contributed by atoms with Crippen LogP contribution >= 0.6 is 0 Å². The second kappa shape index (κ2) is 8.70. The van der Waals surface area contributed by atoms with E-state index in [1.54, 1.807) is 17.9 Å². The second-order valence-corrected chi connectivity index (χ2v) is 7.13. The summed E-state index contributed by atoms with van der Waals surface area (Å²) in [6.07, 6.45) is 4.04. The van der Waals surface area contributed by atoms with E-state index in [0.29, 0.717) is 25.6 Å². The van der Waals surface area contributed by atoms with Crippen LogP contribution in [0.4, 0.5) is 0 Å². The summed E-state index contributed by atoms with van der Waals surface area (Å²) in [6, 6.07) is 12.1. The largest absolute Gasteiger partial charge is 0.341 e. The van der Waals surface area contributed by atoms with Crippen LogP contribution in [0.15, 0.2) is 46.1 Å². The lowest BCUT2D eigenvalue weighted by atomic mass is 9.90. The zero-order chi connectivity index (χ0) is 20.1.